The summed E-state index contributed by atoms with van der Waals surface area (Å²) < 4.78 is 10.3. The summed E-state index contributed by atoms with van der Waals surface area (Å²) in [6, 6.07) is 3.90. The van der Waals surface area contributed by atoms with Crippen LogP contribution >= 0.6 is 12.2 Å². The summed E-state index contributed by atoms with van der Waals surface area (Å²) in [5.41, 5.74) is 5.79. The third-order valence-corrected chi connectivity index (χ3v) is 4.42. The van der Waals surface area contributed by atoms with E-state index in [1.807, 2.05) is 13.8 Å². The van der Waals surface area contributed by atoms with Crippen molar-refractivity contribution in [1.29, 1.82) is 0 Å². The van der Waals surface area contributed by atoms with Crippen LogP contribution in [0, 0.1) is 20.8 Å². The van der Waals surface area contributed by atoms with Crippen molar-refractivity contribution in [3.05, 3.63) is 45.7 Å². The molecule has 0 spiro atoms. The van der Waals surface area contributed by atoms with Gasteiger partial charge in [0.2, 0.25) is 0 Å². The molecule has 1 heterocycles. The molecule has 0 amide bonds. The lowest BCUT2D eigenvalue weighted by atomic mass is 9.90. The first-order chi connectivity index (χ1) is 11.3. The standard InChI is InChI=1S/C18H24N2O3S/c1-10-8-12(3)14(9-11(10)2)16-15(13(4)19-18(24)20-16)17(21)23-7-6-22-5/h8-9,16H,6-7H2,1-5H3,(H2,19,20,24). The number of hydrogen-bond donors (Lipinski definition) is 2. The molecule has 6 heteroatoms. The molecular weight excluding hydrogens is 324 g/mol. The normalized spacial score (nSPS) is 17.4. The second-order valence-electron chi connectivity index (χ2n) is 5.99. The summed E-state index contributed by atoms with van der Waals surface area (Å²) in [5.74, 6) is -0.366. The zero-order chi connectivity index (χ0) is 17.9. The fraction of sp³-hybridized carbons (Fsp3) is 0.444. The van der Waals surface area contributed by atoms with E-state index < -0.39 is 0 Å². The van der Waals surface area contributed by atoms with Gasteiger partial charge in [-0.1, -0.05) is 12.1 Å². The van der Waals surface area contributed by atoms with Crippen LogP contribution in [0.2, 0.25) is 0 Å². The van der Waals surface area contributed by atoms with E-state index in [1.54, 1.807) is 7.11 Å². The number of thiocarbonyl (C=S) groups is 1. The van der Waals surface area contributed by atoms with E-state index in [-0.39, 0.29) is 18.6 Å². The second kappa shape index (κ2) is 7.77. The summed E-state index contributed by atoms with van der Waals surface area (Å²) >= 11 is 5.28. The predicted molar refractivity (Wildman–Crippen MR) is 97.8 cm³/mol. The molecule has 1 aliphatic rings. The smallest absolute Gasteiger partial charge is 0.338 e. The van der Waals surface area contributed by atoms with E-state index in [0.29, 0.717) is 23.0 Å². The molecule has 0 aromatic heterocycles. The first kappa shape index (κ1) is 18.4. The molecule has 5 nitrogen and oxygen atoms in total. The zero-order valence-electron chi connectivity index (χ0n) is 14.8. The first-order valence-corrected chi connectivity index (χ1v) is 8.28. The molecule has 2 rings (SSSR count). The second-order valence-corrected chi connectivity index (χ2v) is 6.40. The Morgan fingerprint density at radius 3 is 2.46 bits per heavy atom. The summed E-state index contributed by atoms with van der Waals surface area (Å²) in [5, 5.41) is 6.72. The van der Waals surface area contributed by atoms with E-state index in [4.69, 9.17) is 21.7 Å². The molecule has 0 bridgehead atoms. The van der Waals surface area contributed by atoms with Crippen molar-refractivity contribution >= 4 is 23.3 Å². The molecule has 1 atom stereocenters. The number of benzene rings is 1. The molecule has 130 valence electrons. The first-order valence-electron chi connectivity index (χ1n) is 7.87. The Labute approximate surface area is 148 Å². The van der Waals surface area contributed by atoms with Gasteiger partial charge in [0.05, 0.1) is 18.2 Å². The van der Waals surface area contributed by atoms with E-state index in [2.05, 4.69) is 36.6 Å². The fourth-order valence-corrected chi connectivity index (χ4v) is 3.06. The van der Waals surface area contributed by atoms with Crippen LogP contribution in [0.3, 0.4) is 0 Å². The minimum atomic E-state index is -0.366. The van der Waals surface area contributed by atoms with Gasteiger partial charge in [-0.15, -0.1) is 0 Å². The van der Waals surface area contributed by atoms with Gasteiger partial charge in [0.25, 0.3) is 0 Å². The van der Waals surface area contributed by atoms with Crippen molar-refractivity contribution in [3.63, 3.8) is 0 Å². The predicted octanol–water partition coefficient (Wildman–Crippen LogP) is 2.59. The van der Waals surface area contributed by atoms with Crippen molar-refractivity contribution < 1.29 is 14.3 Å². The number of methoxy groups -OCH3 is 1. The Bertz CT molecular complexity index is 698. The molecule has 1 aromatic carbocycles. The lowest BCUT2D eigenvalue weighted by Crippen LogP contribution is -2.45. The number of aryl methyl sites for hydroxylation is 3. The van der Waals surface area contributed by atoms with Crippen LogP contribution in [-0.2, 0) is 14.3 Å². The number of esters is 1. The lowest BCUT2D eigenvalue weighted by molar-refractivity contribution is -0.140. The molecule has 0 saturated heterocycles. The zero-order valence-corrected chi connectivity index (χ0v) is 15.6. The Morgan fingerprint density at radius 2 is 1.79 bits per heavy atom. The number of ether oxygens (including phenoxy) is 2. The average Bonchev–Trinajstić information content (AvgIpc) is 2.50. The minimum Gasteiger partial charge on any atom is -0.460 e. The molecule has 1 unspecified atom stereocenters. The van der Waals surface area contributed by atoms with Gasteiger partial charge in [-0.3, -0.25) is 0 Å². The highest BCUT2D eigenvalue weighted by Crippen LogP contribution is 2.31. The van der Waals surface area contributed by atoms with Gasteiger partial charge in [-0.05, 0) is 62.2 Å². The van der Waals surface area contributed by atoms with E-state index in [9.17, 15) is 4.79 Å². The maximum absolute atomic E-state index is 12.6. The van der Waals surface area contributed by atoms with Gasteiger partial charge < -0.3 is 20.1 Å². The summed E-state index contributed by atoms with van der Waals surface area (Å²) in [4.78, 5) is 12.6. The molecule has 0 aliphatic carbocycles. The van der Waals surface area contributed by atoms with E-state index in [0.717, 1.165) is 11.1 Å². The third-order valence-electron chi connectivity index (χ3n) is 4.20. The molecule has 0 saturated carbocycles. The Kier molecular flexibility index (Phi) is 5.96. The van der Waals surface area contributed by atoms with Crippen LogP contribution < -0.4 is 10.6 Å². The van der Waals surface area contributed by atoms with Crippen molar-refractivity contribution in [2.75, 3.05) is 20.3 Å². The van der Waals surface area contributed by atoms with Crippen LogP contribution in [0.1, 0.15) is 35.2 Å². The Balaban J connectivity index is 2.42. The van der Waals surface area contributed by atoms with Gasteiger partial charge >= 0.3 is 5.97 Å². The van der Waals surface area contributed by atoms with Crippen molar-refractivity contribution in [2.24, 2.45) is 0 Å². The molecule has 1 aromatic rings. The average molecular weight is 348 g/mol. The number of carbonyl (C=O) groups excluding carboxylic acids is 1. The molecule has 0 radical (unpaired) electrons. The van der Waals surface area contributed by atoms with Gasteiger partial charge in [-0.25, -0.2) is 4.79 Å². The molecular formula is C18H24N2O3S. The summed E-state index contributed by atoms with van der Waals surface area (Å²) in [6.07, 6.45) is 0. The number of rotatable bonds is 5. The van der Waals surface area contributed by atoms with Gasteiger partial charge in [0.15, 0.2) is 5.11 Å². The minimum absolute atomic E-state index is 0.217. The monoisotopic (exact) mass is 348 g/mol. The van der Waals surface area contributed by atoms with E-state index >= 15 is 0 Å². The molecule has 0 fully saturated rings. The highest BCUT2D eigenvalue weighted by atomic mass is 32.1. The van der Waals surface area contributed by atoms with E-state index in [1.165, 1.54) is 11.1 Å². The van der Waals surface area contributed by atoms with Crippen LogP contribution in [0.4, 0.5) is 0 Å². The van der Waals surface area contributed by atoms with Gasteiger partial charge in [-0.2, -0.15) is 0 Å². The van der Waals surface area contributed by atoms with Crippen LogP contribution in [-0.4, -0.2) is 31.4 Å². The maximum atomic E-state index is 12.6. The van der Waals surface area contributed by atoms with Crippen LogP contribution in [0.5, 0.6) is 0 Å². The number of allylic oxidation sites excluding steroid dienone is 1. The highest BCUT2D eigenvalue weighted by molar-refractivity contribution is 7.80. The highest BCUT2D eigenvalue weighted by Gasteiger charge is 2.32. The Morgan fingerprint density at radius 1 is 1.12 bits per heavy atom. The van der Waals surface area contributed by atoms with Crippen molar-refractivity contribution in [2.45, 2.75) is 33.7 Å². The number of hydrogen-bond acceptors (Lipinski definition) is 4. The molecule has 24 heavy (non-hydrogen) atoms. The van der Waals surface area contributed by atoms with Crippen molar-refractivity contribution in [3.8, 4) is 0 Å². The van der Waals surface area contributed by atoms with Gasteiger partial charge in [0.1, 0.15) is 6.61 Å². The number of carbonyl (C=O) groups is 1. The lowest BCUT2D eigenvalue weighted by Gasteiger charge is -2.31. The summed E-state index contributed by atoms with van der Waals surface area (Å²) in [6.45, 7) is 8.60. The molecule has 1 aliphatic heterocycles. The summed E-state index contributed by atoms with van der Waals surface area (Å²) in [7, 11) is 1.57. The quantitative estimate of drug-likeness (QED) is 0.485. The number of nitrogens with one attached hydrogen (secondary N) is 2. The van der Waals surface area contributed by atoms with Gasteiger partial charge in [0, 0.05) is 12.8 Å². The van der Waals surface area contributed by atoms with Crippen LogP contribution in [0.15, 0.2) is 23.4 Å². The fourth-order valence-electron chi connectivity index (χ4n) is 2.79. The third kappa shape index (κ3) is 3.94. The topological polar surface area (TPSA) is 59.6 Å². The SMILES string of the molecule is COCCOC(=O)C1=C(C)NC(=S)NC1c1cc(C)c(C)cc1C. The largest absolute Gasteiger partial charge is 0.460 e. The maximum Gasteiger partial charge on any atom is 0.338 e. The van der Waals surface area contributed by atoms with Crippen molar-refractivity contribution in [1.82, 2.24) is 10.6 Å². The Hall–Kier alpha value is -1.92. The van der Waals surface area contributed by atoms with Crippen LogP contribution in [0.25, 0.3) is 0 Å². The molecule has 2 N–H and O–H groups in total.